The number of fused-ring (bicyclic) bond motifs is 5. The van der Waals surface area contributed by atoms with Gasteiger partial charge in [0.25, 0.3) is 0 Å². The van der Waals surface area contributed by atoms with Crippen LogP contribution in [0.4, 0.5) is 54.0 Å². The lowest BCUT2D eigenvalue weighted by Crippen LogP contribution is -2.41. The summed E-state index contributed by atoms with van der Waals surface area (Å²) in [4.78, 5) is 79.5. The highest BCUT2D eigenvalue weighted by molar-refractivity contribution is 6.63. The third kappa shape index (κ3) is 36.1. The number of hydrogen-bond acceptors (Lipinski definition) is 30. The number of carbonyl (C=O) groups excluding carboxylic acids is 5. The van der Waals surface area contributed by atoms with Crippen LogP contribution in [-0.4, -0.2) is 175 Å². The molecule has 0 unspecified atom stereocenters. The molecule has 0 spiro atoms. The minimum Gasteiger partial charge on any atom is -0.443 e. The van der Waals surface area contributed by atoms with E-state index in [1.54, 1.807) is 134 Å². The van der Waals surface area contributed by atoms with Crippen LogP contribution >= 0.6 is 0 Å². The molecule has 0 aliphatic carbocycles. The second-order valence-electron chi connectivity index (χ2n) is 34.1. The normalized spacial score (nSPS) is 12.7. The van der Waals surface area contributed by atoms with E-state index < -0.39 is 105 Å². The lowest BCUT2D eigenvalue weighted by Gasteiger charge is -2.32. The van der Waals surface area contributed by atoms with Crippen LogP contribution in [0.1, 0.15) is 232 Å². The molecule has 6 heterocycles. The van der Waals surface area contributed by atoms with Crippen LogP contribution in [0.5, 0.6) is 0 Å². The smallest absolute Gasteiger partial charge is 0.443 e. The molecule has 1 aliphatic rings. The predicted octanol–water partition coefficient (Wildman–Crippen LogP) is 16.4. The van der Waals surface area contributed by atoms with Crippen molar-refractivity contribution in [3.05, 3.63) is 91.0 Å². The van der Waals surface area contributed by atoms with Gasteiger partial charge in [0.15, 0.2) is 27.9 Å². The Morgan fingerprint density at radius 3 is 0.847 bits per heavy atom. The topological polar surface area (TPSA) is 458 Å². The van der Waals surface area contributed by atoms with E-state index in [2.05, 4.69) is 51.5 Å². The van der Waals surface area contributed by atoms with Gasteiger partial charge < -0.3 is 93.8 Å². The number of nitrogens with zero attached hydrogens (tertiary/aromatic N) is 5. The summed E-state index contributed by atoms with van der Waals surface area (Å²) in [5.41, 5.74) is 4.25. The van der Waals surface area contributed by atoms with Gasteiger partial charge in [0.05, 0.1) is 11.2 Å². The van der Waals surface area contributed by atoms with E-state index in [9.17, 15) is 24.0 Å². The summed E-state index contributed by atoms with van der Waals surface area (Å²) in [6.45, 7) is 50.2. The zero-order valence-corrected chi connectivity index (χ0v) is 72.0. The first kappa shape index (κ1) is 112. The third-order valence-electron chi connectivity index (χ3n) is 15.3. The summed E-state index contributed by atoms with van der Waals surface area (Å²) in [5, 5.41) is 48.5. The van der Waals surface area contributed by atoms with Crippen LogP contribution in [0, 0.1) is 0 Å². The van der Waals surface area contributed by atoms with E-state index in [1.807, 2.05) is 113 Å². The van der Waals surface area contributed by atoms with Crippen molar-refractivity contribution in [3.63, 3.8) is 0 Å². The first-order chi connectivity index (χ1) is 54.4. The van der Waals surface area contributed by atoms with Gasteiger partial charge in [-0.1, -0.05) is 74.9 Å². The van der Waals surface area contributed by atoms with E-state index in [-0.39, 0.29) is 110 Å². The Bertz CT molecular complexity index is 4620. The Morgan fingerprint density at radius 1 is 0.331 bits per heavy atom. The largest absolute Gasteiger partial charge is 0.494 e. The van der Waals surface area contributed by atoms with Crippen molar-refractivity contribution < 1.29 is 118 Å². The van der Waals surface area contributed by atoms with Gasteiger partial charge in [-0.15, -0.1) is 0 Å². The van der Waals surface area contributed by atoms with Gasteiger partial charge in [-0.05, 0) is 275 Å². The molecular weight excluding hydrogens is 1600 g/mol. The summed E-state index contributed by atoms with van der Waals surface area (Å²) >= 11 is 0. The minimum absolute atomic E-state index is 0. The van der Waals surface area contributed by atoms with Crippen LogP contribution in [0.3, 0.4) is 0 Å². The van der Waals surface area contributed by atoms with Gasteiger partial charge in [-0.3, -0.25) is 0 Å². The van der Waals surface area contributed by atoms with Crippen LogP contribution < -0.4 is 53.9 Å². The SMILES string of the molecule is C.C.C.C.C.C.CC(C)(C)OC(=O)Nc1nc2cc(B(O)O)ccc2o1.CC(C)(C)OC(=O)Nc1nc2ccc(B(O)O)cc2o1.CC(C)(C)OC(=O)Nc1nc2ccc(B3OC(C)(C)C(C)(C)O3)cc2o1.CC(C)OB(OC(C)C)c1ccc2nc(NC(=O)OC(C)(C)C)oc2c1.CC(C)OB(OC(C)C)c1ccc2oc(NC(=O)OC(C)(C)C)nc2c1. The maximum absolute atomic E-state index is 11.9. The van der Waals surface area contributed by atoms with Crippen molar-refractivity contribution in [1.29, 1.82) is 0 Å². The summed E-state index contributed by atoms with van der Waals surface area (Å²) in [6.07, 6.45) is -3.16. The van der Waals surface area contributed by atoms with E-state index in [0.717, 1.165) is 16.4 Å². The Balaban J connectivity index is 0.000000769. The van der Waals surface area contributed by atoms with E-state index in [0.29, 0.717) is 55.5 Å². The maximum Gasteiger partial charge on any atom is 0.494 e. The molecule has 0 atom stereocenters. The number of carbonyl (C=O) groups is 5. The summed E-state index contributed by atoms with van der Waals surface area (Å²) in [6, 6.07) is 25.7. The zero-order valence-electron chi connectivity index (χ0n) is 72.0. The maximum atomic E-state index is 11.9. The van der Waals surface area contributed by atoms with Gasteiger partial charge in [0, 0.05) is 24.4 Å². The molecule has 5 amide bonds. The van der Waals surface area contributed by atoms with Crippen molar-refractivity contribution >= 4 is 179 Å². The lowest BCUT2D eigenvalue weighted by molar-refractivity contribution is 0.00578. The summed E-state index contributed by atoms with van der Waals surface area (Å²) in [5.74, 6) is 0. The first-order valence-corrected chi connectivity index (χ1v) is 38.1. The number of nitrogens with one attached hydrogen (secondary N) is 5. The van der Waals surface area contributed by atoms with Crippen LogP contribution in [0.25, 0.3) is 55.5 Å². The fourth-order valence-corrected chi connectivity index (χ4v) is 10.0. The highest BCUT2D eigenvalue weighted by Crippen LogP contribution is 2.37. The molecule has 0 radical (unpaired) electrons. The Morgan fingerprint density at radius 2 is 0.556 bits per heavy atom. The van der Waals surface area contributed by atoms with Crippen molar-refractivity contribution in [3.8, 4) is 0 Å². The van der Waals surface area contributed by atoms with Crippen molar-refractivity contribution in [2.24, 2.45) is 0 Å². The van der Waals surface area contributed by atoms with Gasteiger partial charge in [-0.25, -0.2) is 50.6 Å². The summed E-state index contributed by atoms with van der Waals surface area (Å²) in [7, 11) is -4.67. The minimum atomic E-state index is -1.59. The number of aromatic nitrogens is 5. The van der Waals surface area contributed by atoms with Crippen LogP contribution in [0.15, 0.2) is 113 Å². The molecule has 35 nitrogen and oxygen atoms in total. The van der Waals surface area contributed by atoms with Gasteiger partial charge >= 0.3 is 96.1 Å². The molecule has 5 aromatic carbocycles. The average molecular weight is 1740 g/mol. The fraction of sp³-hybridized carbons (Fsp3) is 0.524. The lowest BCUT2D eigenvalue weighted by atomic mass is 9.78. The molecule has 0 saturated carbocycles. The first-order valence-electron chi connectivity index (χ1n) is 38.1. The van der Waals surface area contributed by atoms with E-state index in [1.165, 1.54) is 30.3 Å². The number of oxazole rings is 5. The van der Waals surface area contributed by atoms with Crippen molar-refractivity contribution in [2.75, 3.05) is 26.6 Å². The number of anilines is 5. The standard InChI is InChI=1S/C18H25BN2O5.2C18H27BN2O5.2C12H15BN2O5.6CH4/c1-16(2,3)24-15(22)21-14-20-12-9-8-11(10-13(12)23-14)19-25-17(4,5)18(6,7)26-19;1-11(2)25-19(26-12(3)4)13-8-9-15-14(10-13)20-16(23-15)21-17(22)24-18(5,6)7;1-11(2)25-19(26-12(3)4)13-8-9-14-15(10-13)23-16(20-14)21-17(22)24-18(5,6)7;1-12(2,3)20-11(16)15-10-14-8-6-7(13(17)18)4-5-9(8)19-10;1-12(2,3)20-11(16)15-10-14-8-5-4-7(13(17)18)6-9(8)19-10;;;;;;/h8-10H,1-7H3,(H,20,21,22);2*8-12H,1-7H3,(H,20,21,22);2*4-6,17-18H,1-3H3,(H,14,15,16);6*1H4. The monoisotopic (exact) mass is 1740 g/mol. The summed E-state index contributed by atoms with van der Waals surface area (Å²) < 4.78 is 88.6. The Hall–Kier alpha value is -10.3. The van der Waals surface area contributed by atoms with Crippen LogP contribution in [-0.2, 0) is 51.6 Å². The van der Waals surface area contributed by atoms with Gasteiger partial charge in [0.1, 0.15) is 55.6 Å². The fourth-order valence-electron chi connectivity index (χ4n) is 10.0. The van der Waals surface area contributed by atoms with Crippen LogP contribution in [0.2, 0.25) is 0 Å². The Labute approximate surface area is 731 Å². The zero-order chi connectivity index (χ0) is 88.1. The molecular formula is C84H133B5N10O25. The van der Waals surface area contributed by atoms with E-state index >= 15 is 0 Å². The number of benzene rings is 5. The van der Waals surface area contributed by atoms with Gasteiger partial charge in [-0.2, -0.15) is 24.9 Å². The van der Waals surface area contributed by atoms with Crippen molar-refractivity contribution in [2.45, 2.75) is 295 Å². The molecule has 0 bridgehead atoms. The second-order valence-corrected chi connectivity index (χ2v) is 34.1. The van der Waals surface area contributed by atoms with Gasteiger partial charge in [0.2, 0.25) is 0 Å². The molecule has 1 saturated heterocycles. The predicted molar refractivity (Wildman–Crippen MR) is 491 cm³/mol. The van der Waals surface area contributed by atoms with E-state index in [4.69, 9.17) is 93.8 Å². The molecule has 10 aromatic rings. The highest BCUT2D eigenvalue weighted by atomic mass is 16.7. The molecule has 9 N–H and O–H groups in total. The quantitative estimate of drug-likeness (QED) is 0.0284. The average Bonchev–Trinajstić information content (AvgIpc) is 1.61. The molecule has 1 aliphatic heterocycles. The highest BCUT2D eigenvalue weighted by Gasteiger charge is 2.52. The molecule has 1 fully saturated rings. The number of amides is 5. The number of hydrogen-bond donors (Lipinski definition) is 9. The molecule has 684 valence electrons. The number of ether oxygens (including phenoxy) is 5. The third-order valence-corrected chi connectivity index (χ3v) is 15.3. The molecule has 11 rings (SSSR count). The number of rotatable bonds is 18. The second kappa shape index (κ2) is 46.1. The molecule has 124 heavy (non-hydrogen) atoms. The van der Waals surface area contributed by atoms with Crippen molar-refractivity contribution in [1.82, 2.24) is 24.9 Å². The molecule has 40 heteroatoms. The Kier molecular flexibility index (Phi) is 41.5. The molecule has 5 aromatic heterocycles.